The second-order valence-electron chi connectivity index (χ2n) is 4.62. The molecule has 1 aromatic rings. The Morgan fingerprint density at radius 2 is 2.12 bits per heavy atom. The van der Waals surface area contributed by atoms with E-state index in [-0.39, 0.29) is 12.4 Å². The van der Waals surface area contributed by atoms with Crippen LogP contribution in [0.25, 0.3) is 0 Å². The Bertz CT molecular complexity index is 347. The van der Waals surface area contributed by atoms with Crippen molar-refractivity contribution in [3.63, 3.8) is 0 Å². The van der Waals surface area contributed by atoms with E-state index in [1.165, 1.54) is 5.56 Å². The van der Waals surface area contributed by atoms with Gasteiger partial charge in [-0.05, 0) is 24.3 Å². The van der Waals surface area contributed by atoms with Gasteiger partial charge in [0, 0.05) is 0 Å². The van der Waals surface area contributed by atoms with Crippen LogP contribution in [0.3, 0.4) is 0 Å². The molecule has 1 aromatic carbocycles. The lowest BCUT2D eigenvalue weighted by molar-refractivity contribution is -0.200. The van der Waals surface area contributed by atoms with Gasteiger partial charge in [0.05, 0.1) is 12.7 Å². The van der Waals surface area contributed by atoms with Crippen LogP contribution in [0, 0.1) is 5.92 Å². The number of hydrogen-bond acceptors (Lipinski definition) is 2. The van der Waals surface area contributed by atoms with Gasteiger partial charge in [-0.25, -0.2) is 0 Å². The summed E-state index contributed by atoms with van der Waals surface area (Å²) in [4.78, 5) is 0. The summed E-state index contributed by atoms with van der Waals surface area (Å²) in [5, 5.41) is 0. The number of ether oxygens (including phenoxy) is 2. The van der Waals surface area contributed by atoms with E-state index < -0.39 is 0 Å². The van der Waals surface area contributed by atoms with Gasteiger partial charge in [-0.3, -0.25) is 0 Å². The summed E-state index contributed by atoms with van der Waals surface area (Å²) in [7, 11) is 0. The minimum atomic E-state index is -0.0885. The largest absolute Gasteiger partial charge is 0.348 e. The maximum atomic E-state index is 5.83. The van der Waals surface area contributed by atoms with Crippen LogP contribution in [-0.2, 0) is 16.1 Å². The van der Waals surface area contributed by atoms with E-state index in [1.807, 2.05) is 24.3 Å². The Labute approximate surface area is 103 Å². The zero-order valence-electron chi connectivity index (χ0n) is 10.3. The van der Waals surface area contributed by atoms with Crippen LogP contribution >= 0.6 is 0 Å². The molecule has 1 aliphatic rings. The second-order valence-corrected chi connectivity index (χ2v) is 4.62. The predicted molar refractivity (Wildman–Crippen MR) is 68.5 cm³/mol. The minimum absolute atomic E-state index is 0.0885. The second kappa shape index (κ2) is 5.99. The van der Waals surface area contributed by atoms with Crippen LogP contribution in [0.4, 0.5) is 0 Å². The highest BCUT2D eigenvalue weighted by atomic mass is 16.7. The Kier molecular flexibility index (Phi) is 4.35. The summed E-state index contributed by atoms with van der Waals surface area (Å²) < 4.78 is 11.6. The molecule has 3 unspecified atom stereocenters. The summed E-state index contributed by atoms with van der Waals surface area (Å²) in [6, 6.07) is 10.2. The molecule has 3 atom stereocenters. The fourth-order valence-corrected chi connectivity index (χ4v) is 2.11. The molecule has 0 N–H and O–H groups in total. The van der Waals surface area contributed by atoms with Crippen molar-refractivity contribution >= 4 is 0 Å². The van der Waals surface area contributed by atoms with Gasteiger partial charge in [0.2, 0.25) is 0 Å². The molecule has 92 valence electrons. The lowest BCUT2D eigenvalue weighted by Crippen LogP contribution is -2.33. The molecule has 0 aliphatic carbocycles. The van der Waals surface area contributed by atoms with E-state index in [4.69, 9.17) is 9.47 Å². The molecule has 0 amide bonds. The molecule has 0 spiro atoms. The summed E-state index contributed by atoms with van der Waals surface area (Å²) in [6.07, 6.45) is 4.02. The average molecular weight is 232 g/mol. The van der Waals surface area contributed by atoms with Crippen molar-refractivity contribution in [2.75, 3.05) is 0 Å². The quantitative estimate of drug-likeness (QED) is 0.739. The molecule has 1 fully saturated rings. The first-order chi connectivity index (χ1) is 8.29. The number of benzene rings is 1. The summed E-state index contributed by atoms with van der Waals surface area (Å²) in [5.74, 6) is 0.545. The fourth-order valence-electron chi connectivity index (χ4n) is 2.11. The molecule has 0 saturated carbocycles. The summed E-state index contributed by atoms with van der Waals surface area (Å²) >= 11 is 0. The van der Waals surface area contributed by atoms with Gasteiger partial charge < -0.3 is 9.47 Å². The molecule has 2 heteroatoms. The average Bonchev–Trinajstić information content (AvgIpc) is 2.39. The van der Waals surface area contributed by atoms with Crippen molar-refractivity contribution < 1.29 is 9.47 Å². The lowest BCUT2D eigenvalue weighted by Gasteiger charge is -2.32. The van der Waals surface area contributed by atoms with Crippen molar-refractivity contribution in [2.24, 2.45) is 5.92 Å². The van der Waals surface area contributed by atoms with Crippen molar-refractivity contribution in [3.8, 4) is 0 Å². The van der Waals surface area contributed by atoms with Crippen molar-refractivity contribution in [3.05, 3.63) is 48.6 Å². The zero-order valence-corrected chi connectivity index (χ0v) is 10.3. The fraction of sp³-hybridized carbons (Fsp3) is 0.467. The standard InChI is InChI=1S/C15H20O2/c1-3-14-12(2)9-10-15(17-14)16-11-13-7-5-4-6-8-13/h3-8,12,14-15H,1,9-11H2,2H3. The Balaban J connectivity index is 1.82. The summed E-state index contributed by atoms with van der Waals surface area (Å²) in [6.45, 7) is 6.62. The topological polar surface area (TPSA) is 18.5 Å². The minimum Gasteiger partial charge on any atom is -0.348 e. The SMILES string of the molecule is C=CC1OC(OCc2ccccc2)CCC1C. The molecule has 1 aliphatic heterocycles. The van der Waals surface area contributed by atoms with E-state index in [9.17, 15) is 0 Å². The van der Waals surface area contributed by atoms with Crippen LogP contribution in [0.15, 0.2) is 43.0 Å². The van der Waals surface area contributed by atoms with E-state index in [0.717, 1.165) is 12.8 Å². The lowest BCUT2D eigenvalue weighted by atomic mass is 9.96. The zero-order chi connectivity index (χ0) is 12.1. The van der Waals surface area contributed by atoms with Gasteiger partial charge in [-0.2, -0.15) is 0 Å². The highest BCUT2D eigenvalue weighted by molar-refractivity contribution is 5.13. The normalized spacial score (nSPS) is 28.9. The molecular formula is C15H20O2. The van der Waals surface area contributed by atoms with Crippen molar-refractivity contribution in [1.29, 1.82) is 0 Å². The summed E-state index contributed by atoms with van der Waals surface area (Å²) in [5.41, 5.74) is 1.19. The number of hydrogen-bond donors (Lipinski definition) is 0. The Morgan fingerprint density at radius 1 is 1.35 bits per heavy atom. The Morgan fingerprint density at radius 3 is 2.82 bits per heavy atom. The molecule has 2 rings (SSSR count). The van der Waals surface area contributed by atoms with Gasteiger partial charge in [0.15, 0.2) is 6.29 Å². The van der Waals surface area contributed by atoms with Gasteiger partial charge in [0.1, 0.15) is 0 Å². The van der Waals surface area contributed by atoms with Crippen molar-refractivity contribution in [2.45, 2.75) is 38.8 Å². The first kappa shape index (κ1) is 12.3. The molecule has 1 saturated heterocycles. The third kappa shape index (κ3) is 3.42. The molecule has 0 bridgehead atoms. The van der Waals surface area contributed by atoms with Crippen LogP contribution in [-0.4, -0.2) is 12.4 Å². The maximum Gasteiger partial charge on any atom is 0.158 e. The van der Waals surface area contributed by atoms with E-state index in [1.54, 1.807) is 0 Å². The van der Waals surface area contributed by atoms with Crippen molar-refractivity contribution in [1.82, 2.24) is 0 Å². The van der Waals surface area contributed by atoms with Gasteiger partial charge in [-0.15, -0.1) is 6.58 Å². The first-order valence-corrected chi connectivity index (χ1v) is 6.23. The molecule has 17 heavy (non-hydrogen) atoms. The van der Waals surface area contributed by atoms with Crippen LogP contribution in [0.5, 0.6) is 0 Å². The maximum absolute atomic E-state index is 5.83. The van der Waals surface area contributed by atoms with E-state index in [2.05, 4.69) is 25.6 Å². The molecule has 2 nitrogen and oxygen atoms in total. The monoisotopic (exact) mass is 232 g/mol. The van der Waals surface area contributed by atoms with Crippen LogP contribution in [0.2, 0.25) is 0 Å². The predicted octanol–water partition coefficient (Wildman–Crippen LogP) is 3.53. The smallest absolute Gasteiger partial charge is 0.158 e. The third-order valence-electron chi connectivity index (χ3n) is 3.24. The Hall–Kier alpha value is -1.12. The highest BCUT2D eigenvalue weighted by Gasteiger charge is 2.26. The number of rotatable bonds is 4. The molecule has 0 radical (unpaired) electrons. The third-order valence-corrected chi connectivity index (χ3v) is 3.24. The van der Waals surface area contributed by atoms with Crippen LogP contribution < -0.4 is 0 Å². The molecular weight excluding hydrogens is 212 g/mol. The van der Waals surface area contributed by atoms with Gasteiger partial charge in [-0.1, -0.05) is 43.3 Å². The molecule has 1 heterocycles. The van der Waals surface area contributed by atoms with E-state index in [0.29, 0.717) is 12.5 Å². The van der Waals surface area contributed by atoms with Crippen LogP contribution in [0.1, 0.15) is 25.3 Å². The van der Waals surface area contributed by atoms with E-state index >= 15 is 0 Å². The van der Waals surface area contributed by atoms with Gasteiger partial charge >= 0.3 is 0 Å². The molecule has 0 aromatic heterocycles. The first-order valence-electron chi connectivity index (χ1n) is 6.23. The highest BCUT2D eigenvalue weighted by Crippen LogP contribution is 2.26. The van der Waals surface area contributed by atoms with Gasteiger partial charge in [0.25, 0.3) is 0 Å².